The van der Waals surface area contributed by atoms with E-state index in [0.717, 1.165) is 11.0 Å². The third-order valence-electron chi connectivity index (χ3n) is 3.13. The lowest BCUT2D eigenvalue weighted by molar-refractivity contribution is -0.384. The van der Waals surface area contributed by atoms with Gasteiger partial charge in [-0.3, -0.25) is 14.9 Å². The van der Waals surface area contributed by atoms with Crippen LogP contribution < -0.4 is 0 Å². The number of rotatable bonds is 3. The largest absolute Gasteiger partial charge is 0.480 e. The van der Waals surface area contributed by atoms with Crippen molar-refractivity contribution in [2.24, 2.45) is 0 Å². The molecular formula is C12H12N2O6. The van der Waals surface area contributed by atoms with Crippen molar-refractivity contribution in [2.45, 2.75) is 18.6 Å². The van der Waals surface area contributed by atoms with E-state index in [9.17, 15) is 24.8 Å². The zero-order valence-electron chi connectivity index (χ0n) is 10.3. The first-order valence-corrected chi connectivity index (χ1v) is 5.86. The summed E-state index contributed by atoms with van der Waals surface area (Å²) in [6, 6.07) is 3.94. The second-order valence-corrected chi connectivity index (χ2v) is 4.51. The molecule has 1 saturated heterocycles. The number of likely N-dealkylation sites (tertiary alicyclic amines) is 1. The summed E-state index contributed by atoms with van der Waals surface area (Å²) in [5.41, 5.74) is -0.220. The van der Waals surface area contributed by atoms with Gasteiger partial charge < -0.3 is 15.1 Å². The highest BCUT2D eigenvalue weighted by atomic mass is 16.6. The number of hydrogen-bond acceptors (Lipinski definition) is 5. The Bertz CT molecular complexity index is 573. The summed E-state index contributed by atoms with van der Waals surface area (Å²) in [4.78, 5) is 34.3. The molecular weight excluding hydrogens is 268 g/mol. The number of carboxylic acid groups (broad SMARTS) is 1. The monoisotopic (exact) mass is 280 g/mol. The van der Waals surface area contributed by atoms with Crippen LogP contribution in [-0.2, 0) is 4.79 Å². The van der Waals surface area contributed by atoms with E-state index in [1.165, 1.54) is 18.2 Å². The molecule has 20 heavy (non-hydrogen) atoms. The molecule has 8 nitrogen and oxygen atoms in total. The van der Waals surface area contributed by atoms with Gasteiger partial charge in [0.05, 0.1) is 11.0 Å². The molecule has 106 valence electrons. The molecule has 0 unspecified atom stereocenters. The predicted octanol–water partition coefficient (Wildman–Crippen LogP) is 0.255. The Hall–Kier alpha value is -2.48. The van der Waals surface area contributed by atoms with E-state index in [-0.39, 0.29) is 24.2 Å². The fourth-order valence-corrected chi connectivity index (χ4v) is 2.19. The molecule has 1 fully saturated rings. The third-order valence-corrected chi connectivity index (χ3v) is 3.13. The topological polar surface area (TPSA) is 121 Å². The van der Waals surface area contributed by atoms with Gasteiger partial charge in [0.15, 0.2) is 0 Å². The highest BCUT2D eigenvalue weighted by Crippen LogP contribution is 2.22. The Morgan fingerprint density at radius 1 is 1.40 bits per heavy atom. The van der Waals surface area contributed by atoms with E-state index >= 15 is 0 Å². The van der Waals surface area contributed by atoms with Crippen LogP contribution in [0, 0.1) is 10.1 Å². The van der Waals surface area contributed by atoms with E-state index in [0.29, 0.717) is 0 Å². The van der Waals surface area contributed by atoms with E-state index in [2.05, 4.69) is 0 Å². The van der Waals surface area contributed by atoms with Gasteiger partial charge in [0.1, 0.15) is 6.04 Å². The first-order valence-electron chi connectivity index (χ1n) is 5.86. The van der Waals surface area contributed by atoms with Gasteiger partial charge in [-0.15, -0.1) is 0 Å². The number of β-amino-alcohol motifs (C(OH)–C–C–N with tert-alkyl or cyclic N) is 1. The van der Waals surface area contributed by atoms with Crippen molar-refractivity contribution in [2.75, 3.05) is 6.54 Å². The highest BCUT2D eigenvalue weighted by molar-refractivity contribution is 5.97. The number of aliphatic hydroxyl groups is 1. The van der Waals surface area contributed by atoms with Crippen LogP contribution in [0.15, 0.2) is 24.3 Å². The molecule has 1 aliphatic heterocycles. The number of carbonyl (C=O) groups is 2. The van der Waals surface area contributed by atoms with Gasteiger partial charge >= 0.3 is 5.97 Å². The fraction of sp³-hybridized carbons (Fsp3) is 0.333. The lowest BCUT2D eigenvalue weighted by atomic mass is 10.1. The number of nitro groups is 1. The van der Waals surface area contributed by atoms with Crippen LogP contribution in [0.3, 0.4) is 0 Å². The second-order valence-electron chi connectivity index (χ2n) is 4.51. The number of aliphatic hydroxyl groups excluding tert-OH is 1. The minimum atomic E-state index is -1.21. The van der Waals surface area contributed by atoms with Crippen LogP contribution in [0.5, 0.6) is 0 Å². The number of non-ortho nitro benzene ring substituents is 1. The summed E-state index contributed by atoms with van der Waals surface area (Å²) >= 11 is 0. The van der Waals surface area contributed by atoms with Crippen molar-refractivity contribution in [1.82, 2.24) is 4.90 Å². The molecule has 1 aromatic carbocycles. The number of carboxylic acids is 1. The quantitative estimate of drug-likeness (QED) is 0.605. The fourth-order valence-electron chi connectivity index (χ4n) is 2.19. The minimum Gasteiger partial charge on any atom is -0.480 e. The van der Waals surface area contributed by atoms with Crippen molar-refractivity contribution in [3.63, 3.8) is 0 Å². The Morgan fingerprint density at radius 2 is 2.10 bits per heavy atom. The molecule has 0 bridgehead atoms. The van der Waals surface area contributed by atoms with E-state index in [1.54, 1.807) is 0 Å². The zero-order valence-corrected chi connectivity index (χ0v) is 10.3. The van der Waals surface area contributed by atoms with Crippen LogP contribution in [-0.4, -0.2) is 50.6 Å². The summed E-state index contributed by atoms with van der Waals surface area (Å²) < 4.78 is 0. The lowest BCUT2D eigenvalue weighted by Gasteiger charge is -2.21. The molecule has 2 N–H and O–H groups in total. The van der Waals surface area contributed by atoms with Crippen molar-refractivity contribution in [1.29, 1.82) is 0 Å². The summed E-state index contributed by atoms with van der Waals surface area (Å²) in [6.45, 7) is -0.0987. The van der Waals surface area contributed by atoms with Gasteiger partial charge in [0.25, 0.3) is 11.6 Å². The van der Waals surface area contributed by atoms with Gasteiger partial charge in [0, 0.05) is 30.7 Å². The minimum absolute atomic E-state index is 0.0274. The Labute approximate surface area is 113 Å². The van der Waals surface area contributed by atoms with Crippen LogP contribution in [0.2, 0.25) is 0 Å². The number of benzene rings is 1. The molecule has 0 radical (unpaired) electrons. The normalized spacial score (nSPS) is 21.8. The summed E-state index contributed by atoms with van der Waals surface area (Å²) in [6.07, 6.45) is -0.950. The van der Waals surface area contributed by atoms with E-state index < -0.39 is 28.9 Å². The molecule has 1 aromatic rings. The molecule has 0 spiro atoms. The molecule has 0 saturated carbocycles. The number of hydrogen-bond donors (Lipinski definition) is 2. The van der Waals surface area contributed by atoms with Crippen molar-refractivity contribution < 1.29 is 24.7 Å². The van der Waals surface area contributed by atoms with E-state index in [1.807, 2.05) is 0 Å². The maximum Gasteiger partial charge on any atom is 0.326 e. The Balaban J connectivity index is 2.28. The van der Waals surface area contributed by atoms with Gasteiger partial charge in [0.2, 0.25) is 0 Å². The Morgan fingerprint density at radius 3 is 2.70 bits per heavy atom. The van der Waals surface area contributed by atoms with E-state index in [4.69, 9.17) is 5.11 Å². The van der Waals surface area contributed by atoms with Crippen molar-refractivity contribution in [3.8, 4) is 0 Å². The number of carbonyl (C=O) groups excluding carboxylic acids is 1. The second kappa shape index (κ2) is 5.25. The maximum absolute atomic E-state index is 12.2. The van der Waals surface area contributed by atoms with Crippen LogP contribution in [0.25, 0.3) is 0 Å². The van der Waals surface area contributed by atoms with Crippen LogP contribution >= 0.6 is 0 Å². The highest BCUT2D eigenvalue weighted by Gasteiger charge is 2.39. The number of aliphatic carboxylic acids is 1. The zero-order chi connectivity index (χ0) is 14.9. The summed E-state index contributed by atoms with van der Waals surface area (Å²) in [5.74, 6) is -1.85. The van der Waals surface area contributed by atoms with Gasteiger partial charge in [-0.1, -0.05) is 6.07 Å². The summed E-state index contributed by atoms with van der Waals surface area (Å²) in [7, 11) is 0. The molecule has 0 aromatic heterocycles. The van der Waals surface area contributed by atoms with Crippen LogP contribution in [0.4, 0.5) is 5.69 Å². The van der Waals surface area contributed by atoms with Crippen molar-refractivity contribution >= 4 is 17.6 Å². The number of nitro benzene ring substituents is 1. The van der Waals surface area contributed by atoms with Crippen LogP contribution in [0.1, 0.15) is 16.8 Å². The first-order chi connectivity index (χ1) is 9.40. The number of nitrogens with zero attached hydrogens (tertiary/aromatic N) is 2. The first kappa shape index (κ1) is 13.9. The molecule has 0 aliphatic carbocycles. The molecule has 8 heteroatoms. The number of amides is 1. The lowest BCUT2D eigenvalue weighted by Crippen LogP contribution is -2.40. The molecule has 2 rings (SSSR count). The SMILES string of the molecule is O=C(O)[C@H]1C[C@@H](O)CN1C(=O)c1cccc([N+](=O)[O-])c1. The Kier molecular flexibility index (Phi) is 3.66. The molecule has 2 atom stereocenters. The summed E-state index contributed by atoms with van der Waals surface area (Å²) in [5, 5.41) is 29.2. The maximum atomic E-state index is 12.2. The smallest absolute Gasteiger partial charge is 0.326 e. The standard InChI is InChI=1S/C12H12N2O6/c15-9-5-10(12(17)18)13(6-9)11(16)7-2-1-3-8(4-7)14(19)20/h1-4,9-10,15H,5-6H2,(H,17,18)/t9-,10-/m1/s1. The van der Waals surface area contributed by atoms with Crippen molar-refractivity contribution in [3.05, 3.63) is 39.9 Å². The molecule has 1 heterocycles. The molecule has 1 amide bonds. The van der Waals surface area contributed by atoms with Gasteiger partial charge in [-0.05, 0) is 6.07 Å². The average Bonchev–Trinajstić information content (AvgIpc) is 2.80. The predicted molar refractivity (Wildman–Crippen MR) is 66.2 cm³/mol. The third kappa shape index (κ3) is 2.59. The average molecular weight is 280 g/mol. The van der Waals surface area contributed by atoms with Gasteiger partial charge in [-0.25, -0.2) is 4.79 Å². The van der Waals surface area contributed by atoms with Gasteiger partial charge in [-0.2, -0.15) is 0 Å². The molecule has 1 aliphatic rings.